The molecular formula is C14H21N3O3S. The SMILES string of the molecule is CCOC(=O)N(C)CC(=O)N[C@H](c1nc(C)cs1)C1CC1. The number of rotatable bonds is 6. The van der Waals surface area contributed by atoms with Crippen molar-refractivity contribution in [3.8, 4) is 0 Å². The molecule has 1 aromatic heterocycles. The second-order valence-electron chi connectivity index (χ2n) is 5.26. The second kappa shape index (κ2) is 6.89. The van der Waals surface area contributed by atoms with Crippen molar-refractivity contribution < 1.29 is 14.3 Å². The number of likely N-dealkylation sites (N-methyl/N-ethyl adjacent to an activating group) is 1. The van der Waals surface area contributed by atoms with Crippen molar-refractivity contribution in [3.05, 3.63) is 16.1 Å². The number of carbonyl (C=O) groups is 2. The van der Waals surface area contributed by atoms with Crippen LogP contribution in [-0.2, 0) is 9.53 Å². The van der Waals surface area contributed by atoms with Crippen molar-refractivity contribution in [2.24, 2.45) is 5.92 Å². The molecule has 2 amide bonds. The normalized spacial score (nSPS) is 15.4. The smallest absolute Gasteiger partial charge is 0.409 e. The van der Waals surface area contributed by atoms with E-state index in [1.54, 1.807) is 25.3 Å². The Morgan fingerprint density at radius 3 is 2.81 bits per heavy atom. The highest BCUT2D eigenvalue weighted by Crippen LogP contribution is 2.41. The summed E-state index contributed by atoms with van der Waals surface area (Å²) in [7, 11) is 1.55. The van der Waals surface area contributed by atoms with Gasteiger partial charge in [0.05, 0.1) is 12.6 Å². The molecule has 1 aliphatic carbocycles. The van der Waals surface area contributed by atoms with Crippen LogP contribution in [0, 0.1) is 12.8 Å². The third-order valence-corrected chi connectivity index (χ3v) is 4.32. The number of hydrogen-bond donors (Lipinski definition) is 1. The molecule has 0 aliphatic heterocycles. The lowest BCUT2D eigenvalue weighted by molar-refractivity contribution is -0.122. The van der Waals surface area contributed by atoms with Gasteiger partial charge in [-0.05, 0) is 32.6 Å². The fourth-order valence-electron chi connectivity index (χ4n) is 2.06. The summed E-state index contributed by atoms with van der Waals surface area (Å²) in [5.41, 5.74) is 0.971. The summed E-state index contributed by atoms with van der Waals surface area (Å²) in [4.78, 5) is 29.3. The van der Waals surface area contributed by atoms with Crippen molar-refractivity contribution in [3.63, 3.8) is 0 Å². The highest BCUT2D eigenvalue weighted by atomic mass is 32.1. The van der Waals surface area contributed by atoms with E-state index in [0.717, 1.165) is 23.5 Å². The maximum atomic E-state index is 12.1. The third kappa shape index (κ3) is 4.42. The Bertz CT molecular complexity index is 513. The summed E-state index contributed by atoms with van der Waals surface area (Å²) in [5, 5.41) is 5.93. The Kier molecular flexibility index (Phi) is 5.17. The lowest BCUT2D eigenvalue weighted by Gasteiger charge is -2.19. The average molecular weight is 311 g/mol. The number of nitrogens with one attached hydrogen (secondary N) is 1. The number of nitrogens with zero attached hydrogens (tertiary/aromatic N) is 2. The Balaban J connectivity index is 1.91. The van der Waals surface area contributed by atoms with E-state index in [2.05, 4.69) is 10.3 Å². The topological polar surface area (TPSA) is 71.5 Å². The first-order chi connectivity index (χ1) is 10.0. The molecule has 1 heterocycles. The van der Waals surface area contributed by atoms with Gasteiger partial charge >= 0.3 is 6.09 Å². The van der Waals surface area contributed by atoms with Gasteiger partial charge in [-0.15, -0.1) is 11.3 Å². The maximum absolute atomic E-state index is 12.1. The number of amides is 2. The number of hydrogen-bond acceptors (Lipinski definition) is 5. The summed E-state index contributed by atoms with van der Waals surface area (Å²) in [6, 6.07) is -0.0354. The molecule has 0 spiro atoms. The molecule has 1 saturated carbocycles. The largest absolute Gasteiger partial charge is 0.450 e. The van der Waals surface area contributed by atoms with Gasteiger partial charge in [-0.2, -0.15) is 0 Å². The van der Waals surface area contributed by atoms with Gasteiger partial charge in [-0.1, -0.05) is 0 Å². The van der Waals surface area contributed by atoms with Crippen LogP contribution in [0.25, 0.3) is 0 Å². The molecule has 0 unspecified atom stereocenters. The van der Waals surface area contributed by atoms with Crippen LogP contribution in [-0.4, -0.2) is 42.1 Å². The molecule has 6 nitrogen and oxygen atoms in total. The van der Waals surface area contributed by atoms with E-state index in [-0.39, 0.29) is 18.5 Å². The summed E-state index contributed by atoms with van der Waals surface area (Å²) >= 11 is 1.57. The number of carbonyl (C=O) groups excluding carboxylic acids is 2. The molecule has 1 N–H and O–H groups in total. The van der Waals surface area contributed by atoms with Crippen LogP contribution in [0.5, 0.6) is 0 Å². The number of aromatic nitrogens is 1. The van der Waals surface area contributed by atoms with Crippen LogP contribution in [0.15, 0.2) is 5.38 Å². The number of ether oxygens (including phenoxy) is 1. The summed E-state index contributed by atoms with van der Waals surface area (Å²) in [6.45, 7) is 3.97. The molecule has 1 aliphatic rings. The van der Waals surface area contributed by atoms with Crippen LogP contribution >= 0.6 is 11.3 Å². The first kappa shape index (κ1) is 15.8. The average Bonchev–Trinajstić information content (AvgIpc) is 3.18. The van der Waals surface area contributed by atoms with Crippen LogP contribution in [0.2, 0.25) is 0 Å². The Morgan fingerprint density at radius 1 is 1.57 bits per heavy atom. The minimum absolute atomic E-state index is 0.00753. The molecule has 21 heavy (non-hydrogen) atoms. The molecule has 1 atom stereocenters. The highest BCUT2D eigenvalue weighted by Gasteiger charge is 2.35. The second-order valence-corrected chi connectivity index (χ2v) is 6.15. The Hall–Kier alpha value is -1.63. The molecule has 116 valence electrons. The molecule has 7 heteroatoms. The Morgan fingerprint density at radius 2 is 2.29 bits per heavy atom. The van der Waals surface area contributed by atoms with E-state index in [9.17, 15) is 9.59 Å². The molecule has 0 bridgehead atoms. The van der Waals surface area contributed by atoms with Gasteiger partial charge in [0.15, 0.2) is 0 Å². The zero-order valence-electron chi connectivity index (χ0n) is 12.6. The van der Waals surface area contributed by atoms with Gasteiger partial charge < -0.3 is 15.0 Å². The molecule has 0 saturated heterocycles. The fraction of sp³-hybridized carbons (Fsp3) is 0.643. The number of thiazole rings is 1. The first-order valence-electron chi connectivity index (χ1n) is 7.10. The minimum Gasteiger partial charge on any atom is -0.450 e. The quantitative estimate of drug-likeness (QED) is 0.873. The summed E-state index contributed by atoms with van der Waals surface area (Å²) in [6.07, 6.45) is 1.73. The van der Waals surface area contributed by atoms with Crippen LogP contribution in [0.4, 0.5) is 4.79 Å². The molecule has 1 fully saturated rings. The Labute approximate surface area is 128 Å². The van der Waals surface area contributed by atoms with Gasteiger partial charge in [-0.25, -0.2) is 9.78 Å². The predicted octanol–water partition coefficient (Wildman–Crippen LogP) is 2.11. The number of aryl methyl sites for hydroxylation is 1. The van der Waals surface area contributed by atoms with Gasteiger partial charge in [0, 0.05) is 18.1 Å². The maximum Gasteiger partial charge on any atom is 0.409 e. The third-order valence-electron chi connectivity index (χ3n) is 3.27. The van der Waals surface area contributed by atoms with Crippen molar-refractivity contribution in [2.75, 3.05) is 20.2 Å². The van der Waals surface area contributed by atoms with Crippen molar-refractivity contribution >= 4 is 23.3 Å². The molecule has 2 rings (SSSR count). The standard InChI is InChI=1S/C14H21N3O3S/c1-4-20-14(19)17(3)7-11(18)16-12(10-5-6-10)13-15-9(2)8-21-13/h8,10,12H,4-7H2,1-3H3,(H,16,18)/t12-/m0/s1. The fourth-order valence-corrected chi connectivity index (χ4v) is 3.00. The monoisotopic (exact) mass is 311 g/mol. The van der Waals surface area contributed by atoms with Crippen molar-refractivity contribution in [2.45, 2.75) is 32.7 Å². The first-order valence-corrected chi connectivity index (χ1v) is 7.98. The van der Waals surface area contributed by atoms with Gasteiger partial charge in [0.25, 0.3) is 0 Å². The van der Waals surface area contributed by atoms with E-state index in [1.807, 2.05) is 12.3 Å². The molecule has 0 radical (unpaired) electrons. The van der Waals surface area contributed by atoms with Crippen LogP contribution < -0.4 is 5.32 Å². The lowest BCUT2D eigenvalue weighted by atomic mass is 10.2. The molecular weight excluding hydrogens is 290 g/mol. The van der Waals surface area contributed by atoms with Crippen LogP contribution in [0.3, 0.4) is 0 Å². The zero-order valence-corrected chi connectivity index (χ0v) is 13.4. The van der Waals surface area contributed by atoms with Gasteiger partial charge in [0.1, 0.15) is 11.6 Å². The van der Waals surface area contributed by atoms with Crippen LogP contribution in [0.1, 0.15) is 36.5 Å². The van der Waals surface area contributed by atoms with E-state index >= 15 is 0 Å². The van der Waals surface area contributed by atoms with E-state index in [4.69, 9.17) is 4.74 Å². The van der Waals surface area contributed by atoms with Gasteiger partial charge in [-0.3, -0.25) is 4.79 Å². The van der Waals surface area contributed by atoms with Crippen molar-refractivity contribution in [1.82, 2.24) is 15.2 Å². The van der Waals surface area contributed by atoms with Gasteiger partial charge in [0.2, 0.25) is 5.91 Å². The van der Waals surface area contributed by atoms with Crippen molar-refractivity contribution in [1.29, 1.82) is 0 Å². The van der Waals surface area contributed by atoms with E-state index < -0.39 is 6.09 Å². The zero-order chi connectivity index (χ0) is 15.4. The predicted molar refractivity (Wildman–Crippen MR) is 80.1 cm³/mol. The summed E-state index contributed by atoms with van der Waals surface area (Å²) < 4.78 is 4.85. The molecule has 0 aromatic carbocycles. The van der Waals surface area contributed by atoms with E-state index in [0.29, 0.717) is 12.5 Å². The van der Waals surface area contributed by atoms with E-state index in [1.165, 1.54) is 4.90 Å². The minimum atomic E-state index is -0.485. The highest BCUT2D eigenvalue weighted by molar-refractivity contribution is 7.09. The molecule has 1 aromatic rings. The summed E-state index contributed by atoms with van der Waals surface area (Å²) in [5.74, 6) is 0.280. The lowest BCUT2D eigenvalue weighted by Crippen LogP contribution is -2.40.